The lowest BCUT2D eigenvalue weighted by molar-refractivity contribution is -0.136. The molecule has 0 amide bonds. The van der Waals surface area contributed by atoms with Crippen molar-refractivity contribution in [1.82, 2.24) is 9.88 Å². The number of aliphatic carboxylic acids is 1. The third-order valence-corrected chi connectivity index (χ3v) is 11.1. The van der Waals surface area contributed by atoms with Crippen LogP contribution in [0.3, 0.4) is 0 Å². The summed E-state index contributed by atoms with van der Waals surface area (Å²) in [6.07, 6.45) is 4.89. The fourth-order valence-corrected chi connectivity index (χ4v) is 7.76. The first kappa shape index (κ1) is 41.1. The van der Waals surface area contributed by atoms with Crippen LogP contribution in [-0.2, 0) is 34.0 Å². The van der Waals surface area contributed by atoms with E-state index in [4.69, 9.17) is 19.0 Å². The van der Waals surface area contributed by atoms with Gasteiger partial charge in [0, 0.05) is 35.4 Å². The molecule has 1 fully saturated rings. The van der Waals surface area contributed by atoms with Gasteiger partial charge >= 0.3 is 5.97 Å². The van der Waals surface area contributed by atoms with Gasteiger partial charge in [0.25, 0.3) is 0 Å². The number of sulfone groups is 1. The van der Waals surface area contributed by atoms with Gasteiger partial charge in [0.15, 0.2) is 32.9 Å². The molecule has 1 unspecified atom stereocenters. The predicted molar refractivity (Wildman–Crippen MR) is 209 cm³/mol. The molecule has 1 atom stereocenters. The zero-order valence-corrected chi connectivity index (χ0v) is 32.5. The number of nitrogens with zero attached hydrogens (tertiary/aromatic N) is 2. The molecular weight excluding hydrogens is 747 g/mol. The third kappa shape index (κ3) is 10.2. The highest BCUT2D eigenvalue weighted by atomic mass is 35.5. The molecule has 1 saturated heterocycles. The molecule has 2 heterocycles. The number of methoxy groups -OCH3 is 2. The van der Waals surface area contributed by atoms with E-state index in [1.165, 1.54) is 54.8 Å². The van der Waals surface area contributed by atoms with Crippen LogP contribution in [-0.4, -0.2) is 68.7 Å². The van der Waals surface area contributed by atoms with Crippen molar-refractivity contribution in [3.63, 3.8) is 0 Å². The number of hydrogen-bond donors (Lipinski definition) is 1. The van der Waals surface area contributed by atoms with Crippen molar-refractivity contribution in [2.75, 3.05) is 33.6 Å². The van der Waals surface area contributed by atoms with Gasteiger partial charge in [0.1, 0.15) is 17.9 Å². The Morgan fingerprint density at radius 3 is 2.15 bits per heavy atom. The summed E-state index contributed by atoms with van der Waals surface area (Å²) < 4.78 is 52.7. The first-order chi connectivity index (χ1) is 25.9. The van der Waals surface area contributed by atoms with Gasteiger partial charge in [-0.1, -0.05) is 30.3 Å². The molecule has 4 aromatic carbocycles. The van der Waals surface area contributed by atoms with E-state index in [2.05, 4.69) is 40.2 Å². The van der Waals surface area contributed by atoms with E-state index in [-0.39, 0.29) is 40.7 Å². The van der Waals surface area contributed by atoms with Crippen LogP contribution in [0.1, 0.15) is 46.6 Å². The minimum Gasteiger partial charge on any atom is -0.493 e. The van der Waals surface area contributed by atoms with Gasteiger partial charge in [-0.2, -0.15) is 0 Å². The number of hydrogen-bond acceptors (Lipinski definition) is 9. The molecule has 55 heavy (non-hydrogen) atoms. The van der Waals surface area contributed by atoms with Crippen molar-refractivity contribution < 1.29 is 41.4 Å². The minimum absolute atomic E-state index is 0. The maximum absolute atomic E-state index is 13.2. The lowest BCUT2D eigenvalue weighted by atomic mass is 9.85. The van der Waals surface area contributed by atoms with Crippen LogP contribution >= 0.6 is 12.4 Å². The topological polar surface area (TPSA) is 136 Å². The third-order valence-electron chi connectivity index (χ3n) is 9.92. The zero-order valence-electron chi connectivity index (χ0n) is 30.9. The van der Waals surface area contributed by atoms with E-state index >= 15 is 0 Å². The van der Waals surface area contributed by atoms with Crippen LogP contribution in [0.4, 0.5) is 4.39 Å². The maximum atomic E-state index is 13.2. The number of ether oxygens (including phenoxy) is 2. The molecule has 0 spiro atoms. The van der Waals surface area contributed by atoms with Crippen molar-refractivity contribution in [1.29, 1.82) is 0 Å². The molecule has 2 aliphatic rings. The van der Waals surface area contributed by atoms with Gasteiger partial charge in [-0.05, 0) is 116 Å². The van der Waals surface area contributed by atoms with Gasteiger partial charge in [-0.25, -0.2) is 17.8 Å². The Morgan fingerprint density at radius 2 is 1.55 bits per heavy atom. The molecule has 5 aromatic rings. The van der Waals surface area contributed by atoms with Gasteiger partial charge in [-0.15, -0.1) is 12.4 Å². The van der Waals surface area contributed by atoms with E-state index in [0.29, 0.717) is 34.2 Å². The number of fused-ring (bicyclic) bond motifs is 1. The fourth-order valence-electron chi connectivity index (χ4n) is 7.13. The summed E-state index contributed by atoms with van der Waals surface area (Å²) in [7, 11) is -0.0891. The van der Waals surface area contributed by atoms with E-state index in [9.17, 15) is 22.4 Å². The predicted octanol–water partition coefficient (Wildman–Crippen LogP) is 7.96. The van der Waals surface area contributed by atoms with Gasteiger partial charge < -0.3 is 19.0 Å². The second-order valence-corrected chi connectivity index (χ2v) is 15.7. The average molecular weight is 791 g/mol. The summed E-state index contributed by atoms with van der Waals surface area (Å²) in [6.45, 7) is 3.27. The van der Waals surface area contributed by atoms with Crippen molar-refractivity contribution in [2.45, 2.75) is 43.5 Å². The summed E-state index contributed by atoms with van der Waals surface area (Å²) >= 11 is 0. The number of Topliss-reactive ketones (excluding diaryl/α,β-unsaturated/α-hetero) is 1. The number of aromatic nitrogens is 1. The molecule has 10 nitrogen and oxygen atoms in total. The summed E-state index contributed by atoms with van der Waals surface area (Å²) in [4.78, 5) is 30.8. The molecule has 290 valence electrons. The number of carboxylic acid groups (broad SMARTS) is 1. The highest BCUT2D eigenvalue weighted by Crippen LogP contribution is 2.40. The van der Waals surface area contributed by atoms with E-state index in [1.807, 2.05) is 12.1 Å². The molecule has 0 saturated carbocycles. The molecule has 1 aliphatic heterocycles. The van der Waals surface area contributed by atoms with Crippen molar-refractivity contribution in [2.24, 2.45) is 11.8 Å². The second kappa shape index (κ2) is 18.1. The van der Waals surface area contributed by atoms with Crippen molar-refractivity contribution in [3.8, 4) is 34.1 Å². The Hall–Kier alpha value is -5.04. The number of carbonyl (C=O) groups is 2. The van der Waals surface area contributed by atoms with Gasteiger partial charge in [-0.3, -0.25) is 14.5 Å². The lowest BCUT2D eigenvalue weighted by Crippen LogP contribution is -2.34. The number of carboxylic acids is 1. The number of piperidine rings is 1. The number of oxazole rings is 1. The Balaban J connectivity index is 0.000000208. The highest BCUT2D eigenvalue weighted by Gasteiger charge is 2.34. The number of benzene rings is 4. The molecule has 7 rings (SSSR count). The molecule has 1 aliphatic carbocycles. The second-order valence-electron chi connectivity index (χ2n) is 13.7. The first-order valence-electron chi connectivity index (χ1n) is 17.7. The SMILES string of the molecule is COc1cc2c(cc1OC)C(=O)C(CC1CCN(Cc3ccccc3)CC1)C2.CS(=O)(=O)c1ccc(-c2oc(CC(=O)O)nc2-c2ccc(F)cc2)cc1.Cl. The van der Waals surface area contributed by atoms with Crippen LogP contribution in [0.15, 0.2) is 100 Å². The van der Waals surface area contributed by atoms with Crippen molar-refractivity contribution >= 4 is 34.0 Å². The normalized spacial score (nSPS) is 15.7. The lowest BCUT2D eigenvalue weighted by Gasteiger charge is -2.32. The maximum Gasteiger partial charge on any atom is 0.312 e. The molecule has 0 bridgehead atoms. The Labute approximate surface area is 326 Å². The smallest absolute Gasteiger partial charge is 0.312 e. The average Bonchev–Trinajstić information content (AvgIpc) is 3.71. The van der Waals surface area contributed by atoms with Crippen LogP contribution < -0.4 is 9.47 Å². The number of likely N-dealkylation sites (tertiary alicyclic amines) is 1. The molecule has 1 aromatic heterocycles. The molecule has 0 radical (unpaired) electrons. The Kier molecular flexibility index (Phi) is 13.5. The molecule has 1 N–H and O–H groups in total. The fraction of sp³-hybridized carbons (Fsp3) is 0.310. The Morgan fingerprint density at radius 1 is 0.927 bits per heavy atom. The van der Waals surface area contributed by atoms with Crippen LogP contribution in [0, 0.1) is 17.7 Å². The Bertz CT molecular complexity index is 2200. The van der Waals surface area contributed by atoms with Gasteiger partial charge in [0.2, 0.25) is 5.89 Å². The number of rotatable bonds is 11. The number of halogens is 2. The zero-order chi connectivity index (χ0) is 38.4. The first-order valence-corrected chi connectivity index (χ1v) is 19.6. The standard InChI is InChI=1S/C24H29NO3.C18H14FNO5S.ClH/c1-27-22-14-19-13-20(24(26)21(19)15-23(22)28-2)12-17-8-10-25(11-9-17)16-18-6-4-3-5-7-18;1-26(23,24)14-8-4-12(5-9-14)18-17(11-2-6-13(19)7-3-11)20-15(25-18)10-16(21)22;/h3-7,14-15,17,20H,8-13,16H2,1-2H3;2-9H,10H2,1H3,(H,21,22);1H. The highest BCUT2D eigenvalue weighted by molar-refractivity contribution is 7.90. The van der Waals surface area contributed by atoms with Gasteiger partial charge in [0.05, 0.1) is 19.1 Å². The van der Waals surface area contributed by atoms with Crippen LogP contribution in [0.5, 0.6) is 11.5 Å². The van der Waals surface area contributed by atoms with E-state index in [1.54, 1.807) is 26.4 Å². The number of ketones is 1. The minimum atomic E-state index is -3.35. The van der Waals surface area contributed by atoms with E-state index < -0.39 is 28.0 Å². The molecule has 13 heteroatoms. The summed E-state index contributed by atoms with van der Waals surface area (Å²) in [6, 6.07) is 26.0. The summed E-state index contributed by atoms with van der Waals surface area (Å²) in [5, 5.41) is 8.95. The van der Waals surface area contributed by atoms with Crippen molar-refractivity contribution in [3.05, 3.63) is 119 Å². The van der Waals surface area contributed by atoms with E-state index in [0.717, 1.165) is 49.9 Å². The largest absolute Gasteiger partial charge is 0.493 e. The summed E-state index contributed by atoms with van der Waals surface area (Å²) in [5.41, 5.74) is 4.74. The quantitative estimate of drug-likeness (QED) is 0.140. The van der Waals surface area contributed by atoms with Crippen LogP contribution in [0.2, 0.25) is 0 Å². The van der Waals surface area contributed by atoms with Crippen LogP contribution in [0.25, 0.3) is 22.6 Å². The summed E-state index contributed by atoms with van der Waals surface area (Å²) in [5.74, 6) is 1.15. The monoisotopic (exact) mass is 790 g/mol. The number of carbonyl (C=O) groups excluding carboxylic acids is 1. The molecular formula is C42H44ClFN2O8S.